The van der Waals surface area contributed by atoms with Crippen LogP contribution in [0.25, 0.3) is 0 Å². The van der Waals surface area contributed by atoms with Gasteiger partial charge in [-0.2, -0.15) is 0 Å². The van der Waals surface area contributed by atoms with E-state index in [2.05, 4.69) is 6.92 Å². The first-order chi connectivity index (χ1) is 8.50. The van der Waals surface area contributed by atoms with Gasteiger partial charge in [0, 0.05) is 13.3 Å². The van der Waals surface area contributed by atoms with Gasteiger partial charge in [0.05, 0.1) is 0 Å². The van der Waals surface area contributed by atoms with Crippen LogP contribution in [0.15, 0.2) is 0 Å². The summed E-state index contributed by atoms with van der Waals surface area (Å²) < 4.78 is 0. The lowest BCUT2D eigenvalue weighted by Gasteiger charge is -2.00. The predicted octanol–water partition coefficient (Wildman–Crippen LogP) is 2.42. The number of ketones is 4. The third-order valence-electron chi connectivity index (χ3n) is 2.79. The molecule has 0 heterocycles. The van der Waals surface area contributed by atoms with Gasteiger partial charge in [-0.3, -0.25) is 19.2 Å². The van der Waals surface area contributed by atoms with Crippen LogP contribution in [0.5, 0.6) is 0 Å². The Morgan fingerprint density at radius 3 is 1.72 bits per heavy atom. The summed E-state index contributed by atoms with van der Waals surface area (Å²) in [6.45, 7) is 3.15. The quantitative estimate of drug-likeness (QED) is 0.322. The highest BCUT2D eigenvalue weighted by Gasteiger charge is 2.25. The molecule has 18 heavy (non-hydrogen) atoms. The zero-order valence-electron chi connectivity index (χ0n) is 11.3. The van der Waals surface area contributed by atoms with Gasteiger partial charge in [0.2, 0.25) is 11.6 Å². The molecule has 0 aromatic heterocycles. The van der Waals surface area contributed by atoms with Gasteiger partial charge in [-0.1, -0.05) is 45.4 Å². The summed E-state index contributed by atoms with van der Waals surface area (Å²) >= 11 is 0. The fourth-order valence-corrected chi connectivity index (χ4v) is 1.64. The van der Waals surface area contributed by atoms with Crippen LogP contribution in [-0.4, -0.2) is 23.1 Å². The van der Waals surface area contributed by atoms with Crippen LogP contribution in [-0.2, 0) is 19.2 Å². The van der Waals surface area contributed by atoms with Gasteiger partial charge in [0.25, 0.3) is 11.6 Å². The second kappa shape index (κ2) is 9.68. The molecule has 0 aromatic rings. The number of carbonyl (C=O) groups excluding carboxylic acids is 4. The summed E-state index contributed by atoms with van der Waals surface area (Å²) in [4.78, 5) is 44.1. The Morgan fingerprint density at radius 1 is 0.722 bits per heavy atom. The smallest absolute Gasteiger partial charge is 0.272 e. The van der Waals surface area contributed by atoms with E-state index < -0.39 is 23.1 Å². The first kappa shape index (κ1) is 16.7. The number of hydrogen-bond acceptors (Lipinski definition) is 4. The maximum atomic E-state index is 11.3. The summed E-state index contributed by atoms with van der Waals surface area (Å²) in [6.07, 6.45) is 7.38. The molecule has 0 spiro atoms. The topological polar surface area (TPSA) is 68.3 Å². The Labute approximate surface area is 108 Å². The minimum Gasteiger partial charge on any atom is -0.291 e. The van der Waals surface area contributed by atoms with E-state index in [-0.39, 0.29) is 6.42 Å². The summed E-state index contributed by atoms with van der Waals surface area (Å²) in [7, 11) is 0. The van der Waals surface area contributed by atoms with Gasteiger partial charge in [0.1, 0.15) is 0 Å². The first-order valence-electron chi connectivity index (χ1n) is 6.63. The van der Waals surface area contributed by atoms with Crippen LogP contribution in [0, 0.1) is 0 Å². The largest absolute Gasteiger partial charge is 0.291 e. The lowest BCUT2D eigenvalue weighted by Crippen LogP contribution is -2.28. The average molecular weight is 254 g/mol. The first-order valence-corrected chi connectivity index (χ1v) is 6.63. The molecule has 0 aliphatic rings. The number of carbonyl (C=O) groups is 4. The van der Waals surface area contributed by atoms with Crippen molar-refractivity contribution in [1.82, 2.24) is 0 Å². The highest BCUT2D eigenvalue weighted by Crippen LogP contribution is 2.08. The third-order valence-corrected chi connectivity index (χ3v) is 2.79. The van der Waals surface area contributed by atoms with Crippen molar-refractivity contribution < 1.29 is 19.2 Å². The summed E-state index contributed by atoms with van der Waals surface area (Å²) in [5.74, 6) is -3.95. The van der Waals surface area contributed by atoms with Crippen molar-refractivity contribution in [1.29, 1.82) is 0 Å². The highest BCUT2D eigenvalue weighted by molar-refractivity contribution is 6.77. The van der Waals surface area contributed by atoms with Gasteiger partial charge < -0.3 is 0 Å². The van der Waals surface area contributed by atoms with Crippen molar-refractivity contribution in [3.05, 3.63) is 0 Å². The van der Waals surface area contributed by atoms with Crippen LogP contribution in [0.3, 0.4) is 0 Å². The molecule has 0 saturated heterocycles. The molecule has 0 atom stereocenters. The third kappa shape index (κ3) is 7.09. The normalized spacial score (nSPS) is 10.1. The van der Waals surface area contributed by atoms with Crippen molar-refractivity contribution in [2.24, 2.45) is 0 Å². The minimum absolute atomic E-state index is 0.0750. The average Bonchev–Trinajstić information content (AvgIpc) is 2.35. The van der Waals surface area contributed by atoms with Crippen LogP contribution in [0.1, 0.15) is 65.2 Å². The fraction of sp³-hybridized carbons (Fsp3) is 0.714. The molecule has 0 aromatic carbocycles. The molecule has 0 fully saturated rings. The Bertz CT molecular complexity index is 318. The van der Waals surface area contributed by atoms with E-state index in [1.807, 2.05) is 0 Å². The Kier molecular flexibility index (Phi) is 8.97. The van der Waals surface area contributed by atoms with Gasteiger partial charge in [0.15, 0.2) is 0 Å². The van der Waals surface area contributed by atoms with Crippen molar-refractivity contribution >= 4 is 23.1 Å². The number of hydrogen-bond donors (Lipinski definition) is 0. The van der Waals surface area contributed by atoms with Gasteiger partial charge in [-0.05, 0) is 6.42 Å². The van der Waals surface area contributed by atoms with Crippen LogP contribution < -0.4 is 0 Å². The molecule has 0 unspecified atom stereocenters. The molecule has 0 radical (unpaired) electrons. The SMILES string of the molecule is CCCCCCCCCC(=O)C(=O)C(=O)C(C)=O. The molecule has 0 N–H and O–H groups in total. The molecular weight excluding hydrogens is 232 g/mol. The zero-order valence-corrected chi connectivity index (χ0v) is 11.3. The fourth-order valence-electron chi connectivity index (χ4n) is 1.64. The van der Waals surface area contributed by atoms with Crippen molar-refractivity contribution in [2.45, 2.75) is 65.2 Å². The van der Waals surface area contributed by atoms with Gasteiger partial charge in [-0.15, -0.1) is 0 Å². The highest BCUT2D eigenvalue weighted by atomic mass is 16.2. The summed E-state index contributed by atoms with van der Waals surface area (Å²) in [5, 5.41) is 0. The Morgan fingerprint density at radius 2 is 1.22 bits per heavy atom. The van der Waals surface area contributed by atoms with Crippen LogP contribution in [0.4, 0.5) is 0 Å². The van der Waals surface area contributed by atoms with E-state index in [1.54, 1.807) is 0 Å². The van der Waals surface area contributed by atoms with E-state index in [4.69, 9.17) is 0 Å². The molecule has 0 bridgehead atoms. The van der Waals surface area contributed by atoms with Crippen LogP contribution >= 0.6 is 0 Å². The molecular formula is C14H22O4. The molecule has 0 aliphatic carbocycles. The minimum atomic E-state index is -1.19. The van der Waals surface area contributed by atoms with E-state index >= 15 is 0 Å². The standard InChI is InChI=1S/C14H22O4/c1-3-4-5-6-7-8-9-10-12(16)14(18)13(17)11(2)15/h3-10H2,1-2H3. The number of Topliss-reactive ketones (excluding diaryl/α,β-unsaturated/α-hetero) is 4. The second-order valence-corrected chi connectivity index (χ2v) is 4.51. The Hall–Kier alpha value is -1.32. The molecule has 4 nitrogen and oxygen atoms in total. The molecule has 102 valence electrons. The van der Waals surface area contributed by atoms with E-state index in [0.29, 0.717) is 6.42 Å². The monoisotopic (exact) mass is 254 g/mol. The molecule has 0 rings (SSSR count). The van der Waals surface area contributed by atoms with Gasteiger partial charge >= 0.3 is 0 Å². The zero-order chi connectivity index (χ0) is 14.0. The van der Waals surface area contributed by atoms with Crippen molar-refractivity contribution in [3.8, 4) is 0 Å². The van der Waals surface area contributed by atoms with Gasteiger partial charge in [-0.25, -0.2) is 0 Å². The Balaban J connectivity index is 3.68. The molecule has 0 saturated carbocycles. The van der Waals surface area contributed by atoms with E-state index in [1.165, 1.54) is 19.3 Å². The van der Waals surface area contributed by atoms with Crippen molar-refractivity contribution in [2.75, 3.05) is 0 Å². The molecule has 0 amide bonds. The second-order valence-electron chi connectivity index (χ2n) is 4.51. The lowest BCUT2D eigenvalue weighted by molar-refractivity contribution is -0.147. The summed E-state index contributed by atoms with van der Waals surface area (Å²) in [6, 6.07) is 0. The maximum absolute atomic E-state index is 11.3. The van der Waals surface area contributed by atoms with E-state index in [0.717, 1.165) is 26.2 Å². The lowest BCUT2D eigenvalue weighted by atomic mass is 10.0. The molecule has 4 heteroatoms. The number of rotatable bonds is 11. The summed E-state index contributed by atoms with van der Waals surface area (Å²) in [5.41, 5.74) is 0. The molecule has 0 aliphatic heterocycles. The van der Waals surface area contributed by atoms with E-state index in [9.17, 15) is 19.2 Å². The van der Waals surface area contributed by atoms with Crippen LogP contribution in [0.2, 0.25) is 0 Å². The predicted molar refractivity (Wildman–Crippen MR) is 68.3 cm³/mol. The number of unbranched alkanes of at least 4 members (excludes halogenated alkanes) is 6. The maximum Gasteiger partial charge on any atom is 0.272 e. The van der Waals surface area contributed by atoms with Crippen molar-refractivity contribution in [3.63, 3.8) is 0 Å².